The average Bonchev–Trinajstić information content (AvgIpc) is 3.40. The fraction of sp³-hybridized carbons (Fsp3) is 0.333. The van der Waals surface area contributed by atoms with Crippen molar-refractivity contribution in [1.29, 1.82) is 0 Å². The largest absolute Gasteiger partial charge is 0.345 e. The van der Waals surface area contributed by atoms with Crippen molar-refractivity contribution in [2.45, 2.75) is 24.8 Å². The zero-order valence-corrected chi connectivity index (χ0v) is 20.2. The molecule has 4 heterocycles. The van der Waals surface area contributed by atoms with E-state index in [1.165, 1.54) is 15.4 Å². The fourth-order valence-corrected chi connectivity index (χ4v) is 6.35. The number of carbonyl (C=O) groups is 3. The van der Waals surface area contributed by atoms with Crippen LogP contribution in [0.5, 0.6) is 0 Å². The van der Waals surface area contributed by atoms with Gasteiger partial charge in [0.2, 0.25) is 15.9 Å². The zero-order valence-electron chi connectivity index (χ0n) is 19.3. The first-order valence-corrected chi connectivity index (χ1v) is 12.8. The number of rotatable bonds is 5. The highest BCUT2D eigenvalue weighted by Gasteiger charge is 2.45. The third-order valence-electron chi connectivity index (χ3n) is 6.57. The molecule has 0 saturated carbocycles. The first-order chi connectivity index (χ1) is 16.7. The minimum absolute atomic E-state index is 0.105. The van der Waals surface area contributed by atoms with Gasteiger partial charge >= 0.3 is 0 Å². The van der Waals surface area contributed by atoms with Crippen molar-refractivity contribution >= 4 is 38.8 Å². The Bertz CT molecular complexity index is 1400. The quantitative estimate of drug-likeness (QED) is 0.538. The number of nitrogens with zero attached hydrogens (tertiary/aromatic N) is 4. The van der Waals surface area contributed by atoms with E-state index >= 15 is 0 Å². The fourth-order valence-electron chi connectivity index (χ4n) is 4.77. The monoisotopic (exact) mass is 495 g/mol. The number of aromatic nitrogens is 2. The van der Waals surface area contributed by atoms with Crippen LogP contribution in [0.2, 0.25) is 0 Å². The van der Waals surface area contributed by atoms with Gasteiger partial charge in [0.25, 0.3) is 11.8 Å². The summed E-state index contributed by atoms with van der Waals surface area (Å²) in [5.41, 5.74) is 1.07. The Labute approximate surface area is 202 Å². The van der Waals surface area contributed by atoms with Crippen molar-refractivity contribution in [1.82, 2.24) is 24.1 Å². The number of amides is 3. The van der Waals surface area contributed by atoms with Gasteiger partial charge in [0.15, 0.2) is 0 Å². The molecule has 0 aliphatic carbocycles. The first kappa shape index (κ1) is 23.2. The highest BCUT2D eigenvalue weighted by molar-refractivity contribution is 7.89. The van der Waals surface area contributed by atoms with Crippen molar-refractivity contribution < 1.29 is 22.8 Å². The Hall–Kier alpha value is -3.57. The minimum atomic E-state index is -3.80. The normalized spacial score (nSPS) is 17.9. The Kier molecular flexibility index (Phi) is 5.68. The molecule has 3 amide bonds. The molecule has 182 valence electrons. The molecule has 2 aliphatic rings. The van der Waals surface area contributed by atoms with E-state index in [4.69, 9.17) is 0 Å². The molecule has 1 unspecified atom stereocenters. The maximum Gasteiger partial charge on any atom is 0.262 e. The average molecular weight is 496 g/mol. The number of sulfonamides is 1. The number of imide groups is 1. The lowest BCUT2D eigenvalue weighted by atomic mass is 10.0. The van der Waals surface area contributed by atoms with Crippen LogP contribution in [0.1, 0.15) is 34.6 Å². The number of hydrogen-bond donors (Lipinski definition) is 1. The summed E-state index contributed by atoms with van der Waals surface area (Å²) in [5, 5.41) is 0.511. The smallest absolute Gasteiger partial charge is 0.262 e. The van der Waals surface area contributed by atoms with Gasteiger partial charge in [-0.15, -0.1) is 0 Å². The zero-order chi connectivity index (χ0) is 24.9. The summed E-state index contributed by atoms with van der Waals surface area (Å²) < 4.78 is 27.9. The molecule has 2 aliphatic heterocycles. The van der Waals surface area contributed by atoms with E-state index in [0.29, 0.717) is 22.2 Å². The van der Waals surface area contributed by atoms with Gasteiger partial charge in [-0.3, -0.25) is 19.3 Å². The van der Waals surface area contributed by atoms with Crippen LogP contribution in [-0.2, 0) is 14.8 Å². The summed E-state index contributed by atoms with van der Waals surface area (Å²) in [6, 6.07) is 8.94. The number of H-pyrrole nitrogens is 1. The molecule has 3 aromatic rings. The molecule has 35 heavy (non-hydrogen) atoms. The third kappa shape index (κ3) is 3.71. The predicted molar refractivity (Wildman–Crippen MR) is 127 cm³/mol. The summed E-state index contributed by atoms with van der Waals surface area (Å²) >= 11 is 0. The van der Waals surface area contributed by atoms with E-state index in [9.17, 15) is 22.8 Å². The van der Waals surface area contributed by atoms with Gasteiger partial charge in [-0.05, 0) is 30.2 Å². The van der Waals surface area contributed by atoms with Gasteiger partial charge in [-0.2, -0.15) is 4.31 Å². The summed E-state index contributed by atoms with van der Waals surface area (Å²) in [7, 11) is -3.80. The lowest BCUT2D eigenvalue weighted by molar-refractivity contribution is -0.138. The van der Waals surface area contributed by atoms with Crippen molar-refractivity contribution in [3.8, 4) is 0 Å². The van der Waals surface area contributed by atoms with Crippen LogP contribution in [-0.4, -0.2) is 82.4 Å². The second-order valence-electron chi connectivity index (χ2n) is 9.00. The van der Waals surface area contributed by atoms with Gasteiger partial charge in [0, 0.05) is 44.0 Å². The summed E-state index contributed by atoms with van der Waals surface area (Å²) in [6.07, 6.45) is 3.01. The minimum Gasteiger partial charge on any atom is -0.345 e. The Morgan fingerprint density at radius 3 is 2.20 bits per heavy atom. The maximum atomic E-state index is 13.5. The van der Waals surface area contributed by atoms with Crippen LogP contribution in [0.4, 0.5) is 0 Å². The van der Waals surface area contributed by atoms with Gasteiger partial charge in [0.05, 0.1) is 11.1 Å². The Morgan fingerprint density at radius 2 is 1.60 bits per heavy atom. The van der Waals surface area contributed by atoms with Crippen LogP contribution < -0.4 is 0 Å². The molecule has 0 radical (unpaired) electrons. The van der Waals surface area contributed by atoms with Crippen LogP contribution in [0.3, 0.4) is 0 Å². The van der Waals surface area contributed by atoms with Crippen molar-refractivity contribution in [3.63, 3.8) is 0 Å². The summed E-state index contributed by atoms with van der Waals surface area (Å²) in [5.74, 6) is -1.63. The van der Waals surface area contributed by atoms with Gasteiger partial charge in [-0.1, -0.05) is 26.0 Å². The van der Waals surface area contributed by atoms with Crippen LogP contribution in [0.15, 0.2) is 53.7 Å². The van der Waals surface area contributed by atoms with Crippen LogP contribution >= 0.6 is 0 Å². The molecule has 0 spiro atoms. The van der Waals surface area contributed by atoms with Gasteiger partial charge in [0.1, 0.15) is 16.6 Å². The topological polar surface area (TPSA) is 124 Å². The number of hydrogen-bond acceptors (Lipinski definition) is 6. The molecule has 1 N–H and O–H groups in total. The number of pyridine rings is 1. The number of carbonyl (C=O) groups excluding carboxylic acids is 3. The number of fused-ring (bicyclic) bond motifs is 2. The van der Waals surface area contributed by atoms with E-state index in [1.807, 2.05) is 0 Å². The van der Waals surface area contributed by atoms with E-state index in [-0.39, 0.29) is 42.9 Å². The van der Waals surface area contributed by atoms with Crippen LogP contribution in [0.25, 0.3) is 11.0 Å². The number of benzene rings is 1. The van der Waals surface area contributed by atoms with E-state index in [1.54, 1.807) is 56.4 Å². The van der Waals surface area contributed by atoms with E-state index < -0.39 is 27.9 Å². The molecule has 5 rings (SSSR count). The SMILES string of the molecule is CC(C)C(C(=O)N1CCN(S(=O)(=O)c2c[nH]c3ncccc23)CC1)N1C(=O)c2ccccc2C1=O. The maximum absolute atomic E-state index is 13.5. The third-order valence-corrected chi connectivity index (χ3v) is 8.51. The van der Waals surface area contributed by atoms with E-state index in [0.717, 1.165) is 4.90 Å². The Morgan fingerprint density at radius 1 is 0.971 bits per heavy atom. The predicted octanol–water partition coefficient (Wildman–Crippen LogP) is 1.72. The molecule has 1 atom stereocenters. The lowest BCUT2D eigenvalue weighted by Gasteiger charge is -2.38. The van der Waals surface area contributed by atoms with Gasteiger partial charge in [-0.25, -0.2) is 13.4 Å². The highest BCUT2D eigenvalue weighted by atomic mass is 32.2. The standard InChI is InChI=1S/C24H25N5O5S/c1-15(2)20(29-22(30)16-6-3-4-7-17(16)23(29)31)24(32)27-10-12-28(13-11-27)35(33,34)19-14-26-21-18(19)8-5-9-25-21/h3-9,14-15,20H,10-13H2,1-2H3,(H,25,26). The molecule has 1 saturated heterocycles. The molecular formula is C24H25N5O5S. The Balaban J connectivity index is 1.34. The lowest BCUT2D eigenvalue weighted by Crippen LogP contribution is -2.58. The van der Waals surface area contributed by atoms with Crippen molar-refractivity contribution in [2.75, 3.05) is 26.2 Å². The van der Waals surface area contributed by atoms with Crippen LogP contribution in [0, 0.1) is 5.92 Å². The molecule has 2 aromatic heterocycles. The highest BCUT2D eigenvalue weighted by Crippen LogP contribution is 2.29. The molecule has 0 bridgehead atoms. The summed E-state index contributed by atoms with van der Waals surface area (Å²) in [6.45, 7) is 4.10. The molecule has 1 fully saturated rings. The number of nitrogens with one attached hydrogen (secondary N) is 1. The van der Waals surface area contributed by atoms with Crippen molar-refractivity contribution in [2.24, 2.45) is 5.92 Å². The molecule has 11 heteroatoms. The molecule has 1 aromatic carbocycles. The second kappa shape index (κ2) is 8.58. The second-order valence-corrected chi connectivity index (χ2v) is 10.9. The van der Waals surface area contributed by atoms with E-state index in [2.05, 4.69) is 9.97 Å². The van der Waals surface area contributed by atoms with Crippen molar-refractivity contribution in [3.05, 3.63) is 59.9 Å². The first-order valence-electron chi connectivity index (χ1n) is 11.4. The van der Waals surface area contributed by atoms with Gasteiger partial charge < -0.3 is 9.88 Å². The number of aromatic amines is 1. The molecule has 10 nitrogen and oxygen atoms in total. The molecular weight excluding hydrogens is 470 g/mol. The summed E-state index contributed by atoms with van der Waals surface area (Å²) in [4.78, 5) is 49.3. The number of piperazine rings is 1.